The molecular formula is C11H10N2O. The SMILES string of the molecule is Cn1nc(C=O)cc1-c1ccccc1. The zero-order valence-electron chi connectivity index (χ0n) is 7.84. The Kier molecular flexibility index (Phi) is 2.14. The number of hydrogen-bond donors (Lipinski definition) is 0. The first kappa shape index (κ1) is 8.69. The maximum absolute atomic E-state index is 10.5. The molecule has 0 saturated heterocycles. The van der Waals surface area contributed by atoms with Gasteiger partial charge in [-0.2, -0.15) is 5.10 Å². The van der Waals surface area contributed by atoms with Crippen LogP contribution in [0, 0.1) is 0 Å². The zero-order valence-corrected chi connectivity index (χ0v) is 7.84. The second-order valence-corrected chi connectivity index (χ2v) is 3.06. The predicted molar refractivity (Wildman–Crippen MR) is 54.0 cm³/mol. The van der Waals surface area contributed by atoms with Crippen molar-refractivity contribution in [3.05, 3.63) is 42.1 Å². The van der Waals surface area contributed by atoms with Crippen LogP contribution in [0.25, 0.3) is 11.3 Å². The molecule has 0 bridgehead atoms. The van der Waals surface area contributed by atoms with Gasteiger partial charge in [0.15, 0.2) is 6.29 Å². The highest BCUT2D eigenvalue weighted by molar-refractivity contribution is 5.75. The Bertz CT molecular complexity index is 446. The summed E-state index contributed by atoms with van der Waals surface area (Å²) in [6, 6.07) is 11.6. The molecule has 1 aromatic heterocycles. The fourth-order valence-corrected chi connectivity index (χ4v) is 1.43. The summed E-state index contributed by atoms with van der Waals surface area (Å²) in [4.78, 5) is 10.5. The lowest BCUT2D eigenvalue weighted by molar-refractivity contribution is 0.111. The molecule has 2 rings (SSSR count). The monoisotopic (exact) mass is 186 g/mol. The highest BCUT2D eigenvalue weighted by atomic mass is 16.1. The van der Waals surface area contributed by atoms with Crippen molar-refractivity contribution in [1.82, 2.24) is 9.78 Å². The van der Waals surface area contributed by atoms with E-state index in [1.165, 1.54) is 0 Å². The minimum absolute atomic E-state index is 0.464. The molecule has 0 N–H and O–H groups in total. The van der Waals surface area contributed by atoms with Crippen molar-refractivity contribution in [2.24, 2.45) is 7.05 Å². The highest BCUT2D eigenvalue weighted by Crippen LogP contribution is 2.18. The lowest BCUT2D eigenvalue weighted by atomic mass is 10.1. The van der Waals surface area contributed by atoms with Gasteiger partial charge in [0.2, 0.25) is 0 Å². The first-order valence-electron chi connectivity index (χ1n) is 4.36. The van der Waals surface area contributed by atoms with Crippen molar-refractivity contribution in [2.75, 3.05) is 0 Å². The standard InChI is InChI=1S/C11H10N2O/c1-13-11(7-10(8-14)12-13)9-5-3-2-4-6-9/h2-8H,1H3. The third kappa shape index (κ3) is 1.44. The zero-order chi connectivity index (χ0) is 9.97. The third-order valence-corrected chi connectivity index (χ3v) is 2.09. The van der Waals surface area contributed by atoms with E-state index in [1.54, 1.807) is 10.7 Å². The molecule has 70 valence electrons. The van der Waals surface area contributed by atoms with E-state index in [2.05, 4.69) is 5.10 Å². The van der Waals surface area contributed by atoms with E-state index in [9.17, 15) is 4.79 Å². The van der Waals surface area contributed by atoms with Crippen molar-refractivity contribution >= 4 is 6.29 Å². The molecule has 0 unspecified atom stereocenters. The van der Waals surface area contributed by atoms with Crippen LogP contribution in [-0.4, -0.2) is 16.1 Å². The van der Waals surface area contributed by atoms with Crippen LogP contribution in [0.5, 0.6) is 0 Å². The Balaban J connectivity index is 2.51. The van der Waals surface area contributed by atoms with Crippen molar-refractivity contribution in [3.63, 3.8) is 0 Å². The van der Waals surface area contributed by atoms with E-state index >= 15 is 0 Å². The summed E-state index contributed by atoms with van der Waals surface area (Å²) in [5, 5.41) is 4.05. The summed E-state index contributed by atoms with van der Waals surface area (Å²) in [6.45, 7) is 0. The molecule has 0 radical (unpaired) electrons. The normalized spacial score (nSPS) is 10.1. The number of hydrogen-bond acceptors (Lipinski definition) is 2. The van der Waals surface area contributed by atoms with Crippen LogP contribution >= 0.6 is 0 Å². The number of rotatable bonds is 2. The first-order chi connectivity index (χ1) is 6.81. The van der Waals surface area contributed by atoms with E-state index in [-0.39, 0.29) is 0 Å². The minimum atomic E-state index is 0.464. The Labute approximate surface area is 82.0 Å². The summed E-state index contributed by atoms with van der Waals surface area (Å²) in [6.07, 6.45) is 0.756. The molecule has 1 heterocycles. The van der Waals surface area contributed by atoms with Gasteiger partial charge in [-0.1, -0.05) is 30.3 Å². The van der Waals surface area contributed by atoms with Gasteiger partial charge in [0.1, 0.15) is 5.69 Å². The average Bonchev–Trinajstić information content (AvgIpc) is 2.61. The number of aldehydes is 1. The molecule has 0 aliphatic heterocycles. The second-order valence-electron chi connectivity index (χ2n) is 3.06. The maximum Gasteiger partial charge on any atom is 0.170 e. The second kappa shape index (κ2) is 3.46. The van der Waals surface area contributed by atoms with E-state index < -0.39 is 0 Å². The van der Waals surface area contributed by atoms with Gasteiger partial charge >= 0.3 is 0 Å². The minimum Gasteiger partial charge on any atom is -0.296 e. The highest BCUT2D eigenvalue weighted by Gasteiger charge is 2.05. The molecule has 3 nitrogen and oxygen atoms in total. The molecule has 0 spiro atoms. The van der Waals surface area contributed by atoms with E-state index in [1.807, 2.05) is 37.4 Å². The smallest absolute Gasteiger partial charge is 0.170 e. The molecule has 0 fully saturated rings. The quantitative estimate of drug-likeness (QED) is 0.671. The van der Waals surface area contributed by atoms with Gasteiger partial charge in [-0.25, -0.2) is 0 Å². The fourth-order valence-electron chi connectivity index (χ4n) is 1.43. The molecular weight excluding hydrogens is 176 g/mol. The Morgan fingerprint density at radius 3 is 2.57 bits per heavy atom. The molecule has 0 aliphatic rings. The summed E-state index contributed by atoms with van der Waals surface area (Å²) in [5.41, 5.74) is 2.48. The predicted octanol–water partition coefficient (Wildman–Crippen LogP) is 1.90. The molecule has 0 amide bonds. The van der Waals surface area contributed by atoms with Crippen LogP contribution in [-0.2, 0) is 7.05 Å². The first-order valence-corrected chi connectivity index (χ1v) is 4.36. The van der Waals surface area contributed by atoms with Crippen molar-refractivity contribution in [1.29, 1.82) is 0 Å². The lowest BCUT2D eigenvalue weighted by Crippen LogP contribution is -1.93. The maximum atomic E-state index is 10.5. The number of benzene rings is 1. The van der Waals surface area contributed by atoms with Crippen LogP contribution < -0.4 is 0 Å². The number of aryl methyl sites for hydroxylation is 1. The Morgan fingerprint density at radius 2 is 2.00 bits per heavy atom. The van der Waals surface area contributed by atoms with Gasteiger partial charge < -0.3 is 0 Å². The fraction of sp³-hybridized carbons (Fsp3) is 0.0909. The van der Waals surface area contributed by atoms with E-state index in [4.69, 9.17) is 0 Å². The van der Waals surface area contributed by atoms with Gasteiger partial charge in [-0.05, 0) is 11.6 Å². The Morgan fingerprint density at radius 1 is 1.29 bits per heavy atom. The van der Waals surface area contributed by atoms with E-state index in [0.29, 0.717) is 5.69 Å². The Hall–Kier alpha value is -1.90. The summed E-state index contributed by atoms with van der Waals surface area (Å²) >= 11 is 0. The van der Waals surface area contributed by atoms with Gasteiger partial charge in [0, 0.05) is 7.05 Å². The summed E-state index contributed by atoms with van der Waals surface area (Å²) < 4.78 is 1.71. The molecule has 0 atom stereocenters. The number of nitrogens with zero attached hydrogens (tertiary/aromatic N) is 2. The van der Waals surface area contributed by atoms with Gasteiger partial charge in [0.25, 0.3) is 0 Å². The molecule has 3 heteroatoms. The third-order valence-electron chi connectivity index (χ3n) is 2.09. The van der Waals surface area contributed by atoms with Crippen LogP contribution in [0.3, 0.4) is 0 Å². The van der Waals surface area contributed by atoms with Crippen LogP contribution in [0.1, 0.15) is 10.5 Å². The molecule has 0 aliphatic carbocycles. The average molecular weight is 186 g/mol. The van der Waals surface area contributed by atoms with Crippen molar-refractivity contribution < 1.29 is 4.79 Å². The van der Waals surface area contributed by atoms with Crippen LogP contribution in [0.4, 0.5) is 0 Å². The van der Waals surface area contributed by atoms with Gasteiger partial charge in [-0.15, -0.1) is 0 Å². The largest absolute Gasteiger partial charge is 0.296 e. The molecule has 14 heavy (non-hydrogen) atoms. The number of aromatic nitrogens is 2. The van der Waals surface area contributed by atoms with Crippen LogP contribution in [0.15, 0.2) is 36.4 Å². The molecule has 2 aromatic rings. The number of carbonyl (C=O) groups is 1. The summed E-state index contributed by atoms with van der Waals surface area (Å²) in [5.74, 6) is 0. The summed E-state index contributed by atoms with van der Waals surface area (Å²) in [7, 11) is 1.83. The van der Waals surface area contributed by atoms with Crippen LogP contribution in [0.2, 0.25) is 0 Å². The van der Waals surface area contributed by atoms with Gasteiger partial charge in [-0.3, -0.25) is 9.48 Å². The molecule has 0 saturated carbocycles. The molecule has 1 aromatic carbocycles. The van der Waals surface area contributed by atoms with E-state index in [0.717, 1.165) is 17.5 Å². The van der Waals surface area contributed by atoms with Crippen molar-refractivity contribution in [3.8, 4) is 11.3 Å². The van der Waals surface area contributed by atoms with Crippen molar-refractivity contribution in [2.45, 2.75) is 0 Å². The topological polar surface area (TPSA) is 34.9 Å². The van der Waals surface area contributed by atoms with Gasteiger partial charge in [0.05, 0.1) is 5.69 Å². The number of carbonyl (C=O) groups excluding carboxylic acids is 1. The lowest BCUT2D eigenvalue weighted by Gasteiger charge is -1.99.